The summed E-state index contributed by atoms with van der Waals surface area (Å²) in [6.45, 7) is 2.84. The Morgan fingerprint density at radius 2 is 2.28 bits per heavy atom. The van der Waals surface area contributed by atoms with E-state index in [-0.39, 0.29) is 18.3 Å². The van der Waals surface area contributed by atoms with Crippen molar-refractivity contribution in [2.45, 2.75) is 18.7 Å². The molecule has 0 bridgehead atoms. The van der Waals surface area contributed by atoms with Crippen LogP contribution < -0.4 is 10.6 Å². The molecule has 0 radical (unpaired) electrons. The fourth-order valence-electron chi connectivity index (χ4n) is 1.03. The number of thiazole rings is 1. The number of carbonyl (C=O) groups excluding carboxylic acids is 1. The van der Waals surface area contributed by atoms with Crippen LogP contribution in [0.15, 0.2) is 5.38 Å². The van der Waals surface area contributed by atoms with Crippen LogP contribution in [-0.4, -0.2) is 40.1 Å². The van der Waals surface area contributed by atoms with E-state index >= 15 is 0 Å². The number of thioether (sulfide) groups is 1. The van der Waals surface area contributed by atoms with Crippen molar-refractivity contribution in [3.05, 3.63) is 16.1 Å². The van der Waals surface area contributed by atoms with Crippen molar-refractivity contribution in [1.29, 1.82) is 0 Å². The third-order valence-corrected chi connectivity index (χ3v) is 3.94. The fraction of sp³-hybridized carbons (Fsp3) is 0.500. The molecular weight excluding hydrogens is 274 g/mol. The summed E-state index contributed by atoms with van der Waals surface area (Å²) >= 11 is 2.88. The molecule has 1 rings (SSSR count). The van der Waals surface area contributed by atoms with E-state index in [1.807, 2.05) is 13.2 Å². The molecule has 1 atom stereocenters. The first-order valence-electron chi connectivity index (χ1n) is 5.25. The lowest BCUT2D eigenvalue weighted by atomic mass is 10.5. The van der Waals surface area contributed by atoms with Crippen molar-refractivity contribution >= 4 is 35.1 Å². The molecule has 100 valence electrons. The molecule has 0 aliphatic heterocycles. The molecule has 0 saturated heterocycles. The molecule has 8 heteroatoms. The first kappa shape index (κ1) is 14.8. The smallest absolute Gasteiger partial charge is 0.355 e. The number of rotatable bonds is 6. The second kappa shape index (κ2) is 7.22. The number of urea groups is 1. The number of carboxylic acids is 1. The standard InChI is InChI=1S/C10H15N3O3S2/c1-6(17-2)3-11-10(16)12-4-8-13-7(5-18-8)9(14)15/h5-6H,3-4H2,1-2H3,(H,14,15)(H2,11,12,16). The van der Waals surface area contributed by atoms with Gasteiger partial charge >= 0.3 is 12.0 Å². The van der Waals surface area contributed by atoms with E-state index in [0.717, 1.165) is 0 Å². The van der Waals surface area contributed by atoms with Crippen molar-refractivity contribution in [2.75, 3.05) is 12.8 Å². The molecule has 1 aromatic rings. The fourth-order valence-corrected chi connectivity index (χ4v) is 1.99. The highest BCUT2D eigenvalue weighted by atomic mass is 32.2. The highest BCUT2D eigenvalue weighted by Gasteiger charge is 2.09. The maximum atomic E-state index is 11.4. The van der Waals surface area contributed by atoms with Crippen molar-refractivity contribution < 1.29 is 14.7 Å². The molecule has 3 N–H and O–H groups in total. The van der Waals surface area contributed by atoms with E-state index in [1.54, 1.807) is 11.8 Å². The number of carbonyl (C=O) groups is 2. The molecule has 0 saturated carbocycles. The zero-order chi connectivity index (χ0) is 13.5. The van der Waals surface area contributed by atoms with Gasteiger partial charge in [-0.1, -0.05) is 6.92 Å². The maximum absolute atomic E-state index is 11.4. The number of nitrogens with one attached hydrogen (secondary N) is 2. The highest BCUT2D eigenvalue weighted by molar-refractivity contribution is 7.99. The lowest BCUT2D eigenvalue weighted by Crippen LogP contribution is -2.38. The zero-order valence-corrected chi connectivity index (χ0v) is 11.7. The van der Waals surface area contributed by atoms with Crippen molar-refractivity contribution in [1.82, 2.24) is 15.6 Å². The molecule has 1 heterocycles. The summed E-state index contributed by atoms with van der Waals surface area (Å²) < 4.78 is 0. The summed E-state index contributed by atoms with van der Waals surface area (Å²) in [7, 11) is 0. The third-order valence-electron chi connectivity index (χ3n) is 2.12. The molecular formula is C10H15N3O3S2. The number of nitrogens with zero attached hydrogens (tertiary/aromatic N) is 1. The SMILES string of the molecule is CSC(C)CNC(=O)NCc1nc(C(=O)O)cs1. The summed E-state index contributed by atoms with van der Waals surface area (Å²) in [6.07, 6.45) is 1.98. The molecule has 0 aromatic carbocycles. The second-order valence-corrected chi connectivity index (χ2v) is 5.76. The van der Waals surface area contributed by atoms with Gasteiger partial charge in [0.2, 0.25) is 0 Å². The van der Waals surface area contributed by atoms with Gasteiger partial charge in [0.05, 0.1) is 6.54 Å². The Bertz CT molecular complexity index is 422. The van der Waals surface area contributed by atoms with Crippen LogP contribution in [0.1, 0.15) is 22.4 Å². The maximum Gasteiger partial charge on any atom is 0.355 e. The van der Waals surface area contributed by atoms with Crippen LogP contribution in [0.25, 0.3) is 0 Å². The Balaban J connectivity index is 2.31. The molecule has 0 aliphatic carbocycles. The van der Waals surface area contributed by atoms with Gasteiger partial charge in [-0.05, 0) is 6.26 Å². The average Bonchev–Trinajstić information content (AvgIpc) is 2.82. The van der Waals surface area contributed by atoms with Crippen LogP contribution in [-0.2, 0) is 6.54 Å². The van der Waals surface area contributed by atoms with E-state index in [0.29, 0.717) is 16.8 Å². The highest BCUT2D eigenvalue weighted by Crippen LogP contribution is 2.09. The molecule has 0 fully saturated rings. The van der Waals surface area contributed by atoms with Gasteiger partial charge in [0.15, 0.2) is 5.69 Å². The van der Waals surface area contributed by atoms with E-state index < -0.39 is 5.97 Å². The van der Waals surface area contributed by atoms with Gasteiger partial charge < -0.3 is 15.7 Å². The summed E-state index contributed by atoms with van der Waals surface area (Å²) in [4.78, 5) is 25.9. The van der Waals surface area contributed by atoms with Gasteiger partial charge in [-0.3, -0.25) is 0 Å². The summed E-state index contributed by atoms with van der Waals surface area (Å²) in [6, 6.07) is -0.275. The van der Waals surface area contributed by atoms with Gasteiger partial charge in [-0.15, -0.1) is 11.3 Å². The Kier molecular flexibility index (Phi) is 5.93. The zero-order valence-electron chi connectivity index (χ0n) is 10.1. The molecule has 0 spiro atoms. The van der Waals surface area contributed by atoms with E-state index in [2.05, 4.69) is 15.6 Å². The summed E-state index contributed by atoms with van der Waals surface area (Å²) in [5.74, 6) is -1.06. The Morgan fingerprint density at radius 3 is 2.83 bits per heavy atom. The number of aromatic carboxylic acids is 1. The minimum atomic E-state index is -1.06. The van der Waals surface area contributed by atoms with Crippen LogP contribution in [0.4, 0.5) is 4.79 Å². The molecule has 6 nitrogen and oxygen atoms in total. The first-order chi connectivity index (χ1) is 8.52. The molecule has 1 aromatic heterocycles. The van der Waals surface area contributed by atoms with Gasteiger partial charge in [0.1, 0.15) is 5.01 Å². The van der Waals surface area contributed by atoms with E-state index in [4.69, 9.17) is 5.11 Å². The Labute approximate surface area is 113 Å². The van der Waals surface area contributed by atoms with Gasteiger partial charge in [-0.25, -0.2) is 14.6 Å². The van der Waals surface area contributed by atoms with Crippen LogP contribution in [0.3, 0.4) is 0 Å². The predicted octanol–water partition coefficient (Wildman–Crippen LogP) is 1.39. The number of hydrogen-bond donors (Lipinski definition) is 3. The largest absolute Gasteiger partial charge is 0.476 e. The van der Waals surface area contributed by atoms with Crippen LogP contribution in [0.2, 0.25) is 0 Å². The quantitative estimate of drug-likeness (QED) is 0.736. The van der Waals surface area contributed by atoms with E-state index in [1.165, 1.54) is 16.7 Å². The number of carboxylic acid groups (broad SMARTS) is 1. The molecule has 2 amide bonds. The summed E-state index contributed by atoms with van der Waals surface area (Å²) in [5, 5.41) is 16.4. The monoisotopic (exact) mass is 289 g/mol. The second-order valence-electron chi connectivity index (χ2n) is 3.54. The van der Waals surface area contributed by atoms with E-state index in [9.17, 15) is 9.59 Å². The minimum Gasteiger partial charge on any atom is -0.476 e. The topological polar surface area (TPSA) is 91.3 Å². The third kappa shape index (κ3) is 4.92. The normalized spacial score (nSPS) is 11.9. The number of hydrogen-bond acceptors (Lipinski definition) is 5. The lowest BCUT2D eigenvalue weighted by molar-refractivity contribution is 0.0691. The minimum absolute atomic E-state index is 0.00760. The van der Waals surface area contributed by atoms with Crippen LogP contribution >= 0.6 is 23.1 Å². The Morgan fingerprint density at radius 1 is 1.56 bits per heavy atom. The van der Waals surface area contributed by atoms with Crippen molar-refractivity contribution in [2.24, 2.45) is 0 Å². The molecule has 18 heavy (non-hydrogen) atoms. The first-order valence-corrected chi connectivity index (χ1v) is 7.42. The van der Waals surface area contributed by atoms with Crippen LogP contribution in [0.5, 0.6) is 0 Å². The number of amides is 2. The predicted molar refractivity (Wildman–Crippen MR) is 72.3 cm³/mol. The number of aromatic nitrogens is 1. The summed E-state index contributed by atoms with van der Waals surface area (Å²) in [5.41, 5.74) is 0.00760. The molecule has 0 aliphatic rings. The van der Waals surface area contributed by atoms with Crippen molar-refractivity contribution in [3.63, 3.8) is 0 Å². The lowest BCUT2D eigenvalue weighted by Gasteiger charge is -2.10. The average molecular weight is 289 g/mol. The van der Waals surface area contributed by atoms with Gasteiger partial charge in [0, 0.05) is 17.2 Å². The molecule has 1 unspecified atom stereocenters. The van der Waals surface area contributed by atoms with Gasteiger partial charge in [0.25, 0.3) is 0 Å². The van der Waals surface area contributed by atoms with Crippen molar-refractivity contribution in [3.8, 4) is 0 Å². The van der Waals surface area contributed by atoms with Gasteiger partial charge in [-0.2, -0.15) is 11.8 Å². The Hall–Kier alpha value is -1.28. The van der Waals surface area contributed by atoms with Crippen LogP contribution in [0, 0.1) is 0 Å².